The number of anilines is 1. The van der Waals surface area contributed by atoms with Gasteiger partial charge in [0.2, 0.25) is 5.91 Å². The van der Waals surface area contributed by atoms with Crippen molar-refractivity contribution in [3.63, 3.8) is 0 Å². The zero-order chi connectivity index (χ0) is 14.4. The number of ether oxygens (including phenoxy) is 1. The number of nitrogens with zero attached hydrogens (tertiary/aromatic N) is 2. The van der Waals surface area contributed by atoms with E-state index in [1.165, 1.54) is 0 Å². The van der Waals surface area contributed by atoms with Crippen molar-refractivity contribution in [1.29, 1.82) is 5.26 Å². The fourth-order valence-electron chi connectivity index (χ4n) is 2.39. The third kappa shape index (κ3) is 3.80. The lowest BCUT2D eigenvalue weighted by molar-refractivity contribution is -0.117. The van der Waals surface area contributed by atoms with Gasteiger partial charge in [0, 0.05) is 20.2 Å². The molecule has 0 saturated carbocycles. The van der Waals surface area contributed by atoms with Gasteiger partial charge < -0.3 is 10.1 Å². The summed E-state index contributed by atoms with van der Waals surface area (Å²) in [5.74, 6) is -0.0800. The van der Waals surface area contributed by atoms with Gasteiger partial charge in [-0.3, -0.25) is 9.69 Å². The van der Waals surface area contributed by atoms with E-state index >= 15 is 0 Å². The van der Waals surface area contributed by atoms with Gasteiger partial charge in [0.15, 0.2) is 0 Å². The fourth-order valence-corrected chi connectivity index (χ4v) is 2.39. The van der Waals surface area contributed by atoms with E-state index < -0.39 is 0 Å². The first-order chi connectivity index (χ1) is 9.72. The van der Waals surface area contributed by atoms with E-state index in [4.69, 9.17) is 10.00 Å². The molecule has 106 valence electrons. The molecule has 1 aromatic carbocycles. The second kappa shape index (κ2) is 7.04. The number of benzene rings is 1. The maximum atomic E-state index is 12.0. The van der Waals surface area contributed by atoms with Crippen LogP contribution >= 0.6 is 0 Å². The first kappa shape index (κ1) is 14.5. The van der Waals surface area contributed by atoms with Gasteiger partial charge in [-0.1, -0.05) is 12.1 Å². The molecule has 0 spiro atoms. The van der Waals surface area contributed by atoms with Crippen molar-refractivity contribution in [3.05, 3.63) is 29.8 Å². The fraction of sp³-hybridized carbons (Fsp3) is 0.467. The lowest BCUT2D eigenvalue weighted by Crippen LogP contribution is -2.41. The van der Waals surface area contributed by atoms with Gasteiger partial charge in [-0.05, 0) is 25.0 Å². The third-order valence-electron chi connectivity index (χ3n) is 3.56. The summed E-state index contributed by atoms with van der Waals surface area (Å²) in [6, 6.07) is 9.10. The van der Waals surface area contributed by atoms with Crippen LogP contribution in [0.25, 0.3) is 0 Å². The van der Waals surface area contributed by atoms with E-state index in [2.05, 4.69) is 16.3 Å². The van der Waals surface area contributed by atoms with Crippen molar-refractivity contribution < 1.29 is 9.53 Å². The first-order valence-corrected chi connectivity index (χ1v) is 6.77. The van der Waals surface area contributed by atoms with E-state index in [1.54, 1.807) is 31.4 Å². The number of hydrogen-bond donors (Lipinski definition) is 1. The van der Waals surface area contributed by atoms with Crippen LogP contribution in [-0.4, -0.2) is 43.7 Å². The number of carbonyl (C=O) groups excluding carboxylic acids is 1. The van der Waals surface area contributed by atoms with Crippen LogP contribution in [0.2, 0.25) is 0 Å². The maximum Gasteiger partial charge on any atom is 0.238 e. The predicted octanol–water partition coefficient (Wildman–Crippen LogP) is 1.61. The molecule has 1 fully saturated rings. The summed E-state index contributed by atoms with van der Waals surface area (Å²) in [5, 5.41) is 11.8. The smallest absolute Gasteiger partial charge is 0.238 e. The van der Waals surface area contributed by atoms with Gasteiger partial charge in [0.05, 0.1) is 23.9 Å². The Hall–Kier alpha value is -1.90. The molecule has 2 rings (SSSR count). The van der Waals surface area contributed by atoms with Crippen LogP contribution in [0, 0.1) is 11.3 Å². The Balaban J connectivity index is 1.86. The second-order valence-electron chi connectivity index (χ2n) is 4.92. The quantitative estimate of drug-likeness (QED) is 0.905. The third-order valence-corrected chi connectivity index (χ3v) is 3.56. The van der Waals surface area contributed by atoms with E-state index in [0.29, 0.717) is 23.9 Å². The Morgan fingerprint density at radius 1 is 1.45 bits per heavy atom. The summed E-state index contributed by atoms with van der Waals surface area (Å²) >= 11 is 0. The molecule has 20 heavy (non-hydrogen) atoms. The predicted molar refractivity (Wildman–Crippen MR) is 76.3 cm³/mol. The van der Waals surface area contributed by atoms with Gasteiger partial charge in [-0.15, -0.1) is 0 Å². The molecule has 0 aliphatic carbocycles. The highest BCUT2D eigenvalue weighted by Gasteiger charge is 2.20. The number of rotatable bonds is 4. The summed E-state index contributed by atoms with van der Waals surface area (Å²) in [5.41, 5.74) is 1.06. The van der Waals surface area contributed by atoms with Crippen LogP contribution in [0.1, 0.15) is 18.4 Å². The molecule has 1 aromatic rings. The van der Waals surface area contributed by atoms with Crippen molar-refractivity contribution in [2.45, 2.75) is 18.9 Å². The first-order valence-electron chi connectivity index (χ1n) is 6.77. The normalized spacial score (nSPS) is 16.6. The van der Waals surface area contributed by atoms with Gasteiger partial charge in [0.25, 0.3) is 0 Å². The molecule has 0 radical (unpaired) electrons. The number of para-hydroxylation sites is 1. The number of piperidine rings is 1. The summed E-state index contributed by atoms with van der Waals surface area (Å²) in [6.07, 6.45) is 2.23. The van der Waals surface area contributed by atoms with Crippen LogP contribution < -0.4 is 5.32 Å². The molecule has 0 aromatic heterocycles. The van der Waals surface area contributed by atoms with Gasteiger partial charge in [0.1, 0.15) is 6.07 Å². The second-order valence-corrected chi connectivity index (χ2v) is 4.92. The Morgan fingerprint density at radius 3 is 2.80 bits per heavy atom. The van der Waals surface area contributed by atoms with E-state index in [9.17, 15) is 4.79 Å². The van der Waals surface area contributed by atoms with Crippen LogP contribution in [0.5, 0.6) is 0 Å². The van der Waals surface area contributed by atoms with Crippen molar-refractivity contribution in [2.75, 3.05) is 32.1 Å². The minimum absolute atomic E-state index is 0.0800. The maximum absolute atomic E-state index is 12.0. The van der Waals surface area contributed by atoms with Crippen molar-refractivity contribution in [2.24, 2.45) is 0 Å². The molecular formula is C15H19N3O2. The van der Waals surface area contributed by atoms with Gasteiger partial charge >= 0.3 is 0 Å². The number of methoxy groups -OCH3 is 1. The molecule has 5 heteroatoms. The summed E-state index contributed by atoms with van der Waals surface area (Å²) < 4.78 is 5.31. The Morgan fingerprint density at radius 2 is 2.15 bits per heavy atom. The zero-order valence-electron chi connectivity index (χ0n) is 11.6. The largest absolute Gasteiger partial charge is 0.381 e. The van der Waals surface area contributed by atoms with Crippen molar-refractivity contribution in [3.8, 4) is 6.07 Å². The van der Waals surface area contributed by atoms with Crippen LogP contribution in [0.15, 0.2) is 24.3 Å². The average molecular weight is 273 g/mol. The molecule has 1 aliphatic heterocycles. The van der Waals surface area contributed by atoms with Crippen LogP contribution in [0.3, 0.4) is 0 Å². The highest BCUT2D eigenvalue weighted by atomic mass is 16.5. The highest BCUT2D eigenvalue weighted by Crippen LogP contribution is 2.15. The number of nitrogens with one attached hydrogen (secondary N) is 1. The molecule has 5 nitrogen and oxygen atoms in total. The molecule has 0 unspecified atom stereocenters. The minimum Gasteiger partial charge on any atom is -0.381 e. The van der Waals surface area contributed by atoms with Gasteiger partial charge in [-0.2, -0.15) is 5.26 Å². The molecule has 1 N–H and O–H groups in total. The molecule has 0 atom stereocenters. The summed E-state index contributed by atoms with van der Waals surface area (Å²) in [4.78, 5) is 14.1. The Kier molecular flexibility index (Phi) is 5.10. The molecule has 0 bridgehead atoms. The number of hydrogen-bond acceptors (Lipinski definition) is 4. The summed E-state index contributed by atoms with van der Waals surface area (Å²) in [7, 11) is 1.73. The number of amides is 1. The highest BCUT2D eigenvalue weighted by molar-refractivity contribution is 5.93. The Labute approximate surface area is 119 Å². The van der Waals surface area contributed by atoms with E-state index in [0.717, 1.165) is 25.9 Å². The van der Waals surface area contributed by atoms with Crippen LogP contribution in [-0.2, 0) is 9.53 Å². The lowest BCUT2D eigenvalue weighted by atomic mass is 10.1. The monoisotopic (exact) mass is 273 g/mol. The topological polar surface area (TPSA) is 65.4 Å². The standard InChI is InChI=1S/C15H19N3O2/c1-20-13-6-8-18(9-7-13)11-15(19)17-14-5-3-2-4-12(14)10-16/h2-5,13H,6-9,11H2,1H3,(H,17,19). The average Bonchev–Trinajstić information content (AvgIpc) is 2.48. The van der Waals surface area contributed by atoms with E-state index in [-0.39, 0.29) is 5.91 Å². The zero-order valence-corrected chi connectivity index (χ0v) is 11.6. The Bertz CT molecular complexity index is 502. The lowest BCUT2D eigenvalue weighted by Gasteiger charge is -2.30. The number of likely N-dealkylation sites (tertiary alicyclic amines) is 1. The van der Waals surface area contributed by atoms with Crippen LogP contribution in [0.4, 0.5) is 5.69 Å². The molecular weight excluding hydrogens is 254 g/mol. The molecule has 1 amide bonds. The minimum atomic E-state index is -0.0800. The summed E-state index contributed by atoms with van der Waals surface area (Å²) in [6.45, 7) is 2.09. The van der Waals surface area contributed by atoms with Gasteiger partial charge in [-0.25, -0.2) is 0 Å². The van der Waals surface area contributed by atoms with E-state index in [1.807, 2.05) is 0 Å². The molecule has 1 aliphatic rings. The molecule has 1 heterocycles. The van der Waals surface area contributed by atoms with Crippen molar-refractivity contribution >= 4 is 11.6 Å². The SMILES string of the molecule is COC1CCN(CC(=O)Nc2ccccc2C#N)CC1. The van der Waals surface area contributed by atoms with Crippen molar-refractivity contribution in [1.82, 2.24) is 4.90 Å². The number of nitriles is 1. The molecule has 1 saturated heterocycles. The number of carbonyl (C=O) groups is 1.